The largest absolute Gasteiger partial charge is 0.353 e. The standard InChI is InChI=1S/C25H35NO.2C23H32N2O.C22H30N2O.C21H29NO/c1-2-23-13-20-14-24(16-23,21-6-4-3-5-7-21)18-25(15-20,17-23)22(27)12-19-8-10-26-11-9-19;1-17-13-25(9-8-24-17)20(26)23-12-18-10-21(2,15-23)14-22(11-18,16-23)19-6-4-3-5-7-19;1-17-13-24-8-9-25(17)20(26)23-12-18-10-21(2,15-23)14-22(11-18,16-23)19-6-4-3-5-7-19;25-21(24-19-6-8-23-9-7-19)20-16-10-15-11-17(20)14-22(12-15,13-16)18-4-2-1-3-5-18;1-19-10-16-11-20(13-19,17-6-3-2-4-7-17)15-21(12-16,14-19)18(23)8-5-9-22/h3-7,19-20,26H,2,8-18H2,1H3;2*3-7,17-18,24H,8-16H2,1-2H3;1-5,15-17,19-20,23H,6-14H2,(H,24,25);2-4,6-7,16H,5,8-15,22H2,1H3/t;2*17-,18?,21?,22?,23?;;/m.00../s1. The molecule has 20 atom stereocenters. The van der Waals surface area contributed by atoms with Crippen molar-refractivity contribution < 1.29 is 24.0 Å². The van der Waals surface area contributed by atoms with Crippen molar-refractivity contribution in [2.24, 2.45) is 102 Å². The van der Waals surface area contributed by atoms with E-state index in [1.54, 1.807) is 0 Å². The Labute approximate surface area is 763 Å². The number of nitrogens with two attached hydrogens (primary N) is 1. The third-order valence-electron chi connectivity index (χ3n) is 39.2. The molecule has 20 aliphatic carbocycles. The molecule has 13 heteroatoms. The van der Waals surface area contributed by atoms with E-state index in [1.165, 1.54) is 169 Å². The van der Waals surface area contributed by atoms with Gasteiger partial charge in [-0.15, -0.1) is 0 Å². The molecule has 20 saturated carbocycles. The minimum absolute atomic E-state index is 0.0177. The number of nitrogens with one attached hydrogen (secondary N) is 5. The lowest BCUT2D eigenvalue weighted by atomic mass is 9.37. The SMILES string of the molecule is CC12CC3CC(C(=O)CCCN)(C1)CC(c1ccccc1)(C3)C2.CCC12CC3CC(C(=O)CC4CCNCC4)(C1)CC(c1ccccc1)(C3)C2.C[C@H]1CN(C(=O)C23CC4CC(C)(C2)CC(c2ccccc2)(C4)C3)CCN1.C[C@H]1CNCCN1C(=O)C12CC3CC(C)(C1)CC(c1ccccc1)(C3)C2.O=C(NC1CCNCC1)C1C2CC3CC1CC(c1ccccc1)(C3)C2. The summed E-state index contributed by atoms with van der Waals surface area (Å²) in [5.74, 6) is 8.38. The maximum Gasteiger partial charge on any atom is 0.229 e. The van der Waals surface area contributed by atoms with Crippen molar-refractivity contribution >= 4 is 29.3 Å². The van der Waals surface area contributed by atoms with E-state index in [4.69, 9.17) is 5.73 Å². The van der Waals surface area contributed by atoms with E-state index in [0.717, 1.165) is 185 Å². The summed E-state index contributed by atoms with van der Waals surface area (Å²) >= 11 is 0. The Hall–Kier alpha value is -6.35. The molecule has 5 aromatic carbocycles. The van der Waals surface area contributed by atoms with Crippen molar-refractivity contribution in [1.29, 1.82) is 0 Å². The zero-order valence-corrected chi connectivity index (χ0v) is 78.8. The zero-order valence-electron chi connectivity index (χ0n) is 78.8. The Balaban J connectivity index is 0.000000100. The molecule has 18 unspecified atom stereocenters. The molecule has 4 saturated heterocycles. The molecule has 0 spiro atoms. The summed E-state index contributed by atoms with van der Waals surface area (Å²) in [4.78, 5) is 72.1. The Morgan fingerprint density at radius 1 is 0.417 bits per heavy atom. The van der Waals surface area contributed by atoms with Gasteiger partial charge in [-0.25, -0.2) is 0 Å². The van der Waals surface area contributed by atoms with Gasteiger partial charge in [0.15, 0.2) is 0 Å². The number of Topliss-reactive ketones (excluding diaryl/α,β-unsaturated/α-hetero) is 2. The van der Waals surface area contributed by atoms with E-state index in [-0.39, 0.29) is 49.2 Å². The molecule has 3 amide bonds. The van der Waals surface area contributed by atoms with Crippen LogP contribution in [0.5, 0.6) is 0 Å². The summed E-state index contributed by atoms with van der Waals surface area (Å²) in [7, 11) is 0. The minimum Gasteiger partial charge on any atom is -0.353 e. The lowest BCUT2D eigenvalue weighted by Crippen LogP contribution is -2.64. The smallest absolute Gasteiger partial charge is 0.229 e. The van der Waals surface area contributed by atoms with Crippen LogP contribution in [0.3, 0.4) is 0 Å². The van der Waals surface area contributed by atoms with Gasteiger partial charge >= 0.3 is 0 Å². The second-order valence-corrected chi connectivity index (χ2v) is 49.5. The number of carbonyl (C=O) groups is 5. The molecule has 4 heterocycles. The predicted molar refractivity (Wildman–Crippen MR) is 510 cm³/mol. The first-order valence-electron chi connectivity index (χ1n) is 52.0. The van der Waals surface area contributed by atoms with Crippen molar-refractivity contribution in [3.8, 4) is 0 Å². The normalized spacial score (nSPS) is 42.2. The number of benzene rings is 5. The van der Waals surface area contributed by atoms with Gasteiger partial charge in [0.1, 0.15) is 11.6 Å². The van der Waals surface area contributed by atoms with Crippen molar-refractivity contribution in [2.75, 3.05) is 72.0 Å². The highest BCUT2D eigenvalue weighted by atomic mass is 16.2. The second-order valence-electron chi connectivity index (χ2n) is 49.5. The number of hydrogen-bond donors (Lipinski definition) is 6. The first-order chi connectivity index (χ1) is 61.2. The van der Waals surface area contributed by atoms with Gasteiger partial charge in [-0.3, -0.25) is 24.0 Å². The van der Waals surface area contributed by atoms with Crippen molar-refractivity contribution in [2.45, 2.75) is 324 Å². The number of nitrogens with zero attached hydrogens (tertiary/aromatic N) is 2. The summed E-state index contributed by atoms with van der Waals surface area (Å²) in [6.45, 7) is 24.5. The molecule has 13 nitrogen and oxygen atoms in total. The van der Waals surface area contributed by atoms with E-state index in [1.807, 2.05) is 0 Å². The van der Waals surface area contributed by atoms with E-state index in [0.29, 0.717) is 105 Å². The number of amides is 3. The van der Waals surface area contributed by atoms with Gasteiger partial charge in [-0.05, 0) is 389 Å². The molecule has 24 aliphatic rings. The van der Waals surface area contributed by atoms with Crippen LogP contribution in [0.15, 0.2) is 152 Å². The van der Waals surface area contributed by atoms with Gasteiger partial charge < -0.3 is 42.1 Å². The fraction of sp³-hybridized carbons (Fsp3) is 0.693. The van der Waals surface area contributed by atoms with Gasteiger partial charge in [0, 0.05) is 87.0 Å². The third-order valence-corrected chi connectivity index (χ3v) is 39.2. The topological polar surface area (TPSA) is 178 Å². The Morgan fingerprint density at radius 2 is 0.843 bits per heavy atom. The van der Waals surface area contributed by atoms with Crippen LogP contribution in [0.1, 0.15) is 307 Å². The predicted octanol–water partition coefficient (Wildman–Crippen LogP) is 20.2. The van der Waals surface area contributed by atoms with Crippen LogP contribution in [0.4, 0.5) is 0 Å². The van der Waals surface area contributed by atoms with Gasteiger partial charge in [0.25, 0.3) is 0 Å². The number of carbonyl (C=O) groups excluding carboxylic acids is 5. The fourth-order valence-electron chi connectivity index (χ4n) is 37.2. The number of rotatable bonds is 17. The molecular formula is C114H158N8O5. The average molecular weight is 1720 g/mol. The fourth-order valence-corrected chi connectivity index (χ4v) is 37.2. The Kier molecular flexibility index (Phi) is 23.9. The number of ketones is 2. The number of piperidine rings is 2. The number of hydrogen-bond acceptors (Lipinski definition) is 10. The monoisotopic (exact) mass is 1720 g/mol. The Morgan fingerprint density at radius 3 is 1.31 bits per heavy atom. The van der Waals surface area contributed by atoms with Crippen LogP contribution in [-0.2, 0) is 51.0 Å². The van der Waals surface area contributed by atoms with Crippen LogP contribution in [0.2, 0.25) is 0 Å². The first-order valence-corrected chi connectivity index (χ1v) is 52.0. The highest BCUT2D eigenvalue weighted by Gasteiger charge is 2.70. The summed E-state index contributed by atoms with van der Waals surface area (Å²) in [6, 6.07) is 56.8. The zero-order chi connectivity index (χ0) is 87.5. The van der Waals surface area contributed by atoms with Crippen LogP contribution in [-0.4, -0.2) is 129 Å². The molecule has 4 aliphatic heterocycles. The molecular weight excluding hydrogens is 1560 g/mol. The van der Waals surface area contributed by atoms with Crippen LogP contribution < -0.4 is 32.3 Å². The van der Waals surface area contributed by atoms with Crippen LogP contribution in [0.25, 0.3) is 0 Å². The molecule has 29 rings (SSSR count). The average Bonchev–Trinajstić information content (AvgIpc) is 0.705. The first kappa shape index (κ1) is 88.6. The summed E-state index contributed by atoms with van der Waals surface area (Å²) in [5.41, 5.74) is 15.6. The van der Waals surface area contributed by atoms with Crippen molar-refractivity contribution in [1.82, 2.24) is 36.4 Å². The van der Waals surface area contributed by atoms with E-state index in [2.05, 4.69) is 230 Å². The second kappa shape index (κ2) is 34.3. The summed E-state index contributed by atoms with van der Waals surface area (Å²) in [6.07, 6.45) is 43.7. The van der Waals surface area contributed by atoms with Crippen LogP contribution in [0, 0.1) is 96.6 Å². The molecule has 684 valence electrons. The maximum atomic E-state index is 13.9. The Bertz CT molecular complexity index is 4750. The molecule has 127 heavy (non-hydrogen) atoms. The van der Waals surface area contributed by atoms with Gasteiger partial charge in [0.05, 0.1) is 10.8 Å². The summed E-state index contributed by atoms with van der Waals surface area (Å²) in [5, 5.41) is 17.2. The van der Waals surface area contributed by atoms with Gasteiger partial charge in [-0.1, -0.05) is 186 Å². The molecule has 0 radical (unpaired) electrons. The minimum atomic E-state index is -0.115. The maximum absolute atomic E-state index is 13.9. The molecule has 0 aromatic heterocycles. The van der Waals surface area contributed by atoms with Gasteiger partial charge in [-0.2, -0.15) is 0 Å². The van der Waals surface area contributed by atoms with E-state index in [9.17, 15) is 24.0 Å². The third kappa shape index (κ3) is 16.7. The molecule has 24 fully saturated rings. The van der Waals surface area contributed by atoms with E-state index < -0.39 is 0 Å². The highest BCUT2D eigenvalue weighted by Crippen LogP contribution is 2.76. The molecule has 5 aromatic rings. The number of piperazine rings is 2. The van der Waals surface area contributed by atoms with E-state index >= 15 is 0 Å². The highest BCUT2D eigenvalue weighted by molar-refractivity contribution is 5.88. The summed E-state index contributed by atoms with van der Waals surface area (Å²) < 4.78 is 0. The lowest BCUT2D eigenvalue weighted by molar-refractivity contribution is -0.173. The molecule has 7 N–H and O–H groups in total. The lowest BCUT2D eigenvalue weighted by Gasteiger charge is -2.66. The van der Waals surface area contributed by atoms with Crippen LogP contribution >= 0.6 is 0 Å². The quantitative estimate of drug-likeness (QED) is 0.0525. The molecule has 20 bridgehead atoms. The van der Waals surface area contributed by atoms with Crippen molar-refractivity contribution in [3.05, 3.63) is 179 Å². The van der Waals surface area contributed by atoms with Crippen molar-refractivity contribution in [3.63, 3.8) is 0 Å². The van der Waals surface area contributed by atoms with Gasteiger partial charge in [0.2, 0.25) is 17.7 Å².